The predicted molar refractivity (Wildman–Crippen MR) is 76.6 cm³/mol. The number of benzene rings is 1. The molecule has 0 amide bonds. The van der Waals surface area contributed by atoms with E-state index in [0.29, 0.717) is 6.04 Å². The number of hydrogen-bond donors (Lipinski definition) is 0. The average Bonchev–Trinajstić information content (AvgIpc) is 2.46. The van der Waals surface area contributed by atoms with Crippen LogP contribution in [0.25, 0.3) is 0 Å². The van der Waals surface area contributed by atoms with Gasteiger partial charge in [0.1, 0.15) is 0 Å². The number of Topliss-reactive ketones (excluding diaryl/α,β-unsaturated/α-hetero) is 1. The Kier molecular flexibility index (Phi) is 4.72. The van der Waals surface area contributed by atoms with Crippen LogP contribution in [0.1, 0.15) is 36.2 Å². The van der Waals surface area contributed by atoms with Gasteiger partial charge in [-0.05, 0) is 20.3 Å². The van der Waals surface area contributed by atoms with Crippen molar-refractivity contribution in [2.24, 2.45) is 0 Å². The molecule has 0 spiro atoms. The predicted octanol–water partition coefficient (Wildman–Crippen LogP) is 2.68. The third-order valence-electron chi connectivity index (χ3n) is 3.96. The number of ether oxygens (including phenoxy) is 1. The van der Waals surface area contributed by atoms with Gasteiger partial charge in [-0.25, -0.2) is 0 Å². The minimum atomic E-state index is -0.0726. The van der Waals surface area contributed by atoms with Crippen LogP contribution in [0.2, 0.25) is 0 Å². The Hall–Kier alpha value is -1.19. The van der Waals surface area contributed by atoms with Crippen LogP contribution in [-0.2, 0) is 4.74 Å². The zero-order chi connectivity index (χ0) is 13.8. The molecule has 1 aromatic rings. The van der Waals surface area contributed by atoms with Gasteiger partial charge in [-0.15, -0.1) is 0 Å². The van der Waals surface area contributed by atoms with Gasteiger partial charge >= 0.3 is 0 Å². The number of rotatable bonds is 4. The second-order valence-electron chi connectivity index (χ2n) is 5.28. The SMILES string of the molecule is CCC1COCCN1C(C)C(=O)c1ccc(C)cc1. The lowest BCUT2D eigenvalue weighted by Gasteiger charge is -2.38. The molecule has 2 rings (SSSR count). The lowest BCUT2D eigenvalue weighted by Crippen LogP contribution is -2.52. The highest BCUT2D eigenvalue weighted by molar-refractivity contribution is 5.99. The standard InChI is InChI=1S/C16H23NO2/c1-4-15-11-19-10-9-17(15)13(3)16(18)14-7-5-12(2)6-8-14/h5-8,13,15H,4,9-11H2,1-3H3. The molecule has 1 aliphatic heterocycles. The van der Waals surface area contributed by atoms with Gasteiger partial charge in [-0.1, -0.05) is 36.8 Å². The molecule has 3 heteroatoms. The first-order valence-corrected chi connectivity index (χ1v) is 7.08. The van der Waals surface area contributed by atoms with Crippen LogP contribution in [0.15, 0.2) is 24.3 Å². The summed E-state index contributed by atoms with van der Waals surface area (Å²) in [4.78, 5) is 14.8. The quantitative estimate of drug-likeness (QED) is 0.780. The molecule has 1 fully saturated rings. The number of nitrogens with zero attached hydrogens (tertiary/aromatic N) is 1. The number of carbonyl (C=O) groups is 1. The van der Waals surface area contributed by atoms with Crippen LogP contribution in [0.3, 0.4) is 0 Å². The Bertz CT molecular complexity index is 427. The van der Waals surface area contributed by atoms with Crippen molar-refractivity contribution in [1.82, 2.24) is 4.90 Å². The molecule has 0 bridgehead atoms. The average molecular weight is 261 g/mol. The van der Waals surface area contributed by atoms with E-state index in [1.807, 2.05) is 38.1 Å². The fourth-order valence-corrected chi connectivity index (χ4v) is 2.64. The summed E-state index contributed by atoms with van der Waals surface area (Å²) in [5.74, 6) is 0.209. The van der Waals surface area contributed by atoms with Gasteiger partial charge in [0, 0.05) is 18.2 Å². The Morgan fingerprint density at radius 1 is 1.42 bits per heavy atom. The highest BCUT2D eigenvalue weighted by Gasteiger charge is 2.30. The maximum atomic E-state index is 12.5. The van der Waals surface area contributed by atoms with E-state index >= 15 is 0 Å². The first-order valence-electron chi connectivity index (χ1n) is 7.08. The van der Waals surface area contributed by atoms with Crippen molar-refractivity contribution in [3.05, 3.63) is 35.4 Å². The van der Waals surface area contributed by atoms with Crippen molar-refractivity contribution < 1.29 is 9.53 Å². The molecule has 0 radical (unpaired) electrons. The van der Waals surface area contributed by atoms with Gasteiger partial charge < -0.3 is 4.74 Å². The van der Waals surface area contributed by atoms with E-state index in [0.717, 1.165) is 31.7 Å². The first-order chi connectivity index (χ1) is 9.13. The smallest absolute Gasteiger partial charge is 0.179 e. The second-order valence-corrected chi connectivity index (χ2v) is 5.28. The summed E-state index contributed by atoms with van der Waals surface area (Å²) in [7, 11) is 0. The van der Waals surface area contributed by atoms with Crippen molar-refractivity contribution in [3.8, 4) is 0 Å². The summed E-state index contributed by atoms with van der Waals surface area (Å²) in [6.45, 7) is 8.50. The monoisotopic (exact) mass is 261 g/mol. The van der Waals surface area contributed by atoms with E-state index in [1.165, 1.54) is 5.56 Å². The van der Waals surface area contributed by atoms with Gasteiger partial charge in [0.25, 0.3) is 0 Å². The summed E-state index contributed by atoms with van der Waals surface area (Å²) < 4.78 is 5.50. The summed E-state index contributed by atoms with van der Waals surface area (Å²) in [5.41, 5.74) is 1.99. The zero-order valence-corrected chi connectivity index (χ0v) is 12.1. The van der Waals surface area contributed by atoms with Crippen molar-refractivity contribution >= 4 is 5.78 Å². The van der Waals surface area contributed by atoms with Crippen molar-refractivity contribution in [2.45, 2.75) is 39.3 Å². The normalized spacial score (nSPS) is 22.2. The number of aryl methyl sites for hydroxylation is 1. The molecule has 19 heavy (non-hydrogen) atoms. The third-order valence-corrected chi connectivity index (χ3v) is 3.96. The number of ketones is 1. The third kappa shape index (κ3) is 3.23. The molecular formula is C16H23NO2. The van der Waals surface area contributed by atoms with Crippen molar-refractivity contribution in [2.75, 3.05) is 19.8 Å². The first kappa shape index (κ1) is 14.2. The van der Waals surface area contributed by atoms with Crippen molar-refractivity contribution in [1.29, 1.82) is 0 Å². The lowest BCUT2D eigenvalue weighted by atomic mass is 10.0. The molecule has 3 nitrogen and oxygen atoms in total. The Labute approximate surface area is 115 Å². The lowest BCUT2D eigenvalue weighted by molar-refractivity contribution is -0.0220. The van der Waals surface area contributed by atoms with Gasteiger partial charge in [0.2, 0.25) is 0 Å². The van der Waals surface area contributed by atoms with Crippen molar-refractivity contribution in [3.63, 3.8) is 0 Å². The molecule has 0 saturated carbocycles. The topological polar surface area (TPSA) is 29.5 Å². The van der Waals surface area contributed by atoms with E-state index in [2.05, 4.69) is 11.8 Å². The molecule has 0 aliphatic carbocycles. The van der Waals surface area contributed by atoms with Gasteiger partial charge in [-0.3, -0.25) is 9.69 Å². The molecule has 104 valence electrons. The molecule has 1 aromatic carbocycles. The van der Waals surface area contributed by atoms with Crippen LogP contribution in [-0.4, -0.2) is 42.5 Å². The van der Waals surface area contributed by atoms with Gasteiger partial charge in [0.05, 0.1) is 19.3 Å². The molecule has 1 aliphatic rings. The van der Waals surface area contributed by atoms with Gasteiger partial charge in [-0.2, -0.15) is 0 Å². The molecule has 2 atom stereocenters. The Balaban J connectivity index is 2.11. The molecule has 1 saturated heterocycles. The minimum absolute atomic E-state index is 0.0726. The summed E-state index contributed by atoms with van der Waals surface area (Å²) in [5, 5.41) is 0. The number of hydrogen-bond acceptors (Lipinski definition) is 3. The summed E-state index contributed by atoms with van der Waals surface area (Å²) >= 11 is 0. The van der Waals surface area contributed by atoms with Crippen LogP contribution < -0.4 is 0 Å². The van der Waals surface area contributed by atoms with E-state index in [9.17, 15) is 4.79 Å². The van der Waals surface area contributed by atoms with Crippen LogP contribution in [0.5, 0.6) is 0 Å². The van der Waals surface area contributed by atoms with E-state index in [-0.39, 0.29) is 11.8 Å². The Morgan fingerprint density at radius 3 is 2.74 bits per heavy atom. The zero-order valence-electron chi connectivity index (χ0n) is 12.1. The maximum Gasteiger partial charge on any atom is 0.179 e. The molecule has 2 unspecified atom stereocenters. The molecule has 1 heterocycles. The fourth-order valence-electron chi connectivity index (χ4n) is 2.64. The van der Waals surface area contributed by atoms with Crippen LogP contribution in [0, 0.1) is 6.92 Å². The van der Waals surface area contributed by atoms with Crippen LogP contribution >= 0.6 is 0 Å². The summed E-state index contributed by atoms with van der Waals surface area (Å²) in [6.07, 6.45) is 1.02. The maximum absolute atomic E-state index is 12.5. The van der Waals surface area contributed by atoms with Crippen LogP contribution in [0.4, 0.5) is 0 Å². The highest BCUT2D eigenvalue weighted by Crippen LogP contribution is 2.17. The van der Waals surface area contributed by atoms with Gasteiger partial charge in [0.15, 0.2) is 5.78 Å². The fraction of sp³-hybridized carbons (Fsp3) is 0.562. The highest BCUT2D eigenvalue weighted by atomic mass is 16.5. The van der Waals surface area contributed by atoms with E-state index in [4.69, 9.17) is 4.74 Å². The number of carbonyl (C=O) groups excluding carboxylic acids is 1. The molecule has 0 N–H and O–H groups in total. The minimum Gasteiger partial charge on any atom is -0.378 e. The van der Waals surface area contributed by atoms with E-state index in [1.54, 1.807) is 0 Å². The largest absolute Gasteiger partial charge is 0.378 e. The Morgan fingerprint density at radius 2 is 2.11 bits per heavy atom. The summed E-state index contributed by atoms with van der Waals surface area (Å²) in [6, 6.07) is 8.13. The van der Waals surface area contributed by atoms with E-state index < -0.39 is 0 Å². The second kappa shape index (κ2) is 6.31. The molecule has 0 aromatic heterocycles. The number of morpholine rings is 1. The molecular weight excluding hydrogens is 238 g/mol.